The number of amides is 1. The van der Waals surface area contributed by atoms with Crippen molar-refractivity contribution in [1.29, 1.82) is 0 Å². The van der Waals surface area contributed by atoms with Gasteiger partial charge in [0.15, 0.2) is 0 Å². The summed E-state index contributed by atoms with van der Waals surface area (Å²) in [6.07, 6.45) is -1.51. The molecule has 1 fully saturated rings. The molecule has 1 amide bonds. The summed E-state index contributed by atoms with van der Waals surface area (Å²) < 4.78 is 39.5. The molecule has 0 bridgehead atoms. The Hall–Kier alpha value is -3.10. The highest BCUT2D eigenvalue weighted by Crippen LogP contribution is 2.36. The first-order valence-electron chi connectivity index (χ1n) is 9.26. The number of hydrogen-bond donors (Lipinski definition) is 2. The van der Waals surface area contributed by atoms with Crippen LogP contribution < -0.4 is 15.8 Å². The minimum atomic E-state index is -4.50. The van der Waals surface area contributed by atoms with E-state index >= 15 is 0 Å². The van der Waals surface area contributed by atoms with Crippen LogP contribution in [-0.2, 0) is 6.18 Å². The van der Waals surface area contributed by atoms with Crippen LogP contribution in [-0.4, -0.2) is 19.0 Å². The van der Waals surface area contributed by atoms with Crippen LogP contribution in [0.1, 0.15) is 40.7 Å². The lowest BCUT2D eigenvalue weighted by Gasteiger charge is -2.31. The van der Waals surface area contributed by atoms with Crippen molar-refractivity contribution in [2.75, 3.05) is 23.4 Å². The van der Waals surface area contributed by atoms with Crippen LogP contribution in [0.3, 0.4) is 0 Å². The Balaban J connectivity index is 1.84. The first-order chi connectivity index (χ1) is 13.8. The number of halogens is 3. The minimum Gasteiger partial charge on any atom is -0.370 e. The topological polar surface area (TPSA) is 73.8 Å². The molecule has 154 valence electrons. The summed E-state index contributed by atoms with van der Waals surface area (Å²) in [5.41, 5.74) is 5.91. The van der Waals surface area contributed by atoms with Gasteiger partial charge < -0.3 is 4.90 Å². The van der Waals surface area contributed by atoms with E-state index in [-0.39, 0.29) is 16.9 Å². The number of hydrazine groups is 1. The van der Waals surface area contributed by atoms with E-state index in [4.69, 9.17) is 0 Å². The van der Waals surface area contributed by atoms with Gasteiger partial charge in [0.1, 0.15) is 5.69 Å². The van der Waals surface area contributed by atoms with E-state index in [0.717, 1.165) is 44.5 Å². The third-order valence-corrected chi connectivity index (χ3v) is 4.90. The fraction of sp³-hybridized carbons (Fsp3) is 0.350. The second-order valence-corrected chi connectivity index (χ2v) is 6.95. The highest BCUT2D eigenvalue weighted by molar-refractivity contribution is 5.96. The lowest BCUT2D eigenvalue weighted by molar-refractivity contribution is -0.137. The minimum absolute atomic E-state index is 0.130. The number of piperidine rings is 1. The van der Waals surface area contributed by atoms with Crippen molar-refractivity contribution in [2.24, 2.45) is 5.18 Å². The predicted octanol–water partition coefficient (Wildman–Crippen LogP) is 5.16. The third-order valence-electron chi connectivity index (χ3n) is 4.90. The number of nitrogens with zero attached hydrogens (tertiary/aromatic N) is 2. The number of nitrogens with one attached hydrogen (secondary N) is 2. The summed E-state index contributed by atoms with van der Waals surface area (Å²) in [6, 6.07) is 7.87. The Morgan fingerprint density at radius 3 is 2.45 bits per heavy atom. The highest BCUT2D eigenvalue weighted by Gasteiger charge is 2.31. The first kappa shape index (κ1) is 20.6. The lowest BCUT2D eigenvalue weighted by atomic mass is 10.1. The Morgan fingerprint density at radius 2 is 1.79 bits per heavy atom. The van der Waals surface area contributed by atoms with Gasteiger partial charge in [-0.1, -0.05) is 6.07 Å². The molecule has 0 aromatic heterocycles. The molecule has 2 aromatic carbocycles. The number of alkyl halides is 3. The summed E-state index contributed by atoms with van der Waals surface area (Å²) in [5, 5.41) is 2.86. The van der Waals surface area contributed by atoms with Gasteiger partial charge in [-0.05, 0) is 67.3 Å². The summed E-state index contributed by atoms with van der Waals surface area (Å²) in [7, 11) is 0. The van der Waals surface area contributed by atoms with Crippen LogP contribution >= 0.6 is 0 Å². The molecule has 0 spiro atoms. The maximum Gasteiger partial charge on any atom is 0.416 e. The van der Waals surface area contributed by atoms with E-state index in [2.05, 4.69) is 16.0 Å². The van der Waals surface area contributed by atoms with Gasteiger partial charge in [-0.15, -0.1) is 4.91 Å². The van der Waals surface area contributed by atoms with Gasteiger partial charge in [0, 0.05) is 18.7 Å². The summed E-state index contributed by atoms with van der Waals surface area (Å²) in [5.74, 6) is -0.586. The molecule has 3 rings (SSSR count). The van der Waals surface area contributed by atoms with Crippen molar-refractivity contribution in [3.8, 4) is 0 Å². The number of hydrogen-bond acceptors (Lipinski definition) is 5. The van der Waals surface area contributed by atoms with Crippen LogP contribution in [0, 0.1) is 11.8 Å². The average molecular weight is 406 g/mol. The van der Waals surface area contributed by atoms with Crippen LogP contribution in [0.2, 0.25) is 0 Å². The second kappa shape index (κ2) is 8.50. The van der Waals surface area contributed by atoms with E-state index in [1.54, 1.807) is 13.0 Å². The zero-order chi connectivity index (χ0) is 21.0. The highest BCUT2D eigenvalue weighted by atomic mass is 19.4. The molecule has 2 N–H and O–H groups in total. The van der Waals surface area contributed by atoms with Crippen molar-refractivity contribution >= 4 is 23.0 Å². The first-order valence-corrected chi connectivity index (χ1v) is 9.26. The molecule has 1 aliphatic heterocycles. The standard InChI is InChI=1S/C20H21F3N4O2/c1-13-5-6-14(11-16(13)26-29)19(28)25-24-17-12-15(20(21,22)23)7-8-18(17)27-9-3-2-4-10-27/h5-8,11-12,24H,2-4,9-10H2,1H3,(H,25,28). The van der Waals surface area contributed by atoms with Crippen molar-refractivity contribution in [3.05, 3.63) is 58.0 Å². The number of benzene rings is 2. The number of aryl methyl sites for hydroxylation is 1. The van der Waals surface area contributed by atoms with Gasteiger partial charge in [0.25, 0.3) is 5.91 Å². The van der Waals surface area contributed by atoms with Gasteiger partial charge in [0.05, 0.1) is 16.9 Å². The Bertz CT molecular complexity index is 909. The fourth-order valence-electron chi connectivity index (χ4n) is 3.27. The molecule has 29 heavy (non-hydrogen) atoms. The van der Waals surface area contributed by atoms with Crippen molar-refractivity contribution in [2.45, 2.75) is 32.4 Å². The zero-order valence-corrected chi connectivity index (χ0v) is 15.8. The largest absolute Gasteiger partial charge is 0.416 e. The van der Waals surface area contributed by atoms with Crippen molar-refractivity contribution < 1.29 is 18.0 Å². The predicted molar refractivity (Wildman–Crippen MR) is 105 cm³/mol. The number of nitroso groups, excluding NO2 is 1. The molecule has 0 aliphatic carbocycles. The lowest BCUT2D eigenvalue weighted by Crippen LogP contribution is -2.33. The van der Waals surface area contributed by atoms with Crippen LogP contribution in [0.5, 0.6) is 0 Å². The number of carbonyl (C=O) groups is 1. The SMILES string of the molecule is Cc1ccc(C(=O)NNc2cc(C(F)(F)F)ccc2N2CCCCC2)cc1N=O. The van der Waals surface area contributed by atoms with E-state index in [1.807, 2.05) is 4.90 Å². The molecule has 9 heteroatoms. The molecule has 0 unspecified atom stereocenters. The molecule has 0 saturated carbocycles. The van der Waals surface area contributed by atoms with E-state index in [9.17, 15) is 22.9 Å². The van der Waals surface area contributed by atoms with Gasteiger partial charge >= 0.3 is 6.18 Å². The molecule has 1 heterocycles. The normalized spacial score (nSPS) is 14.4. The Kier molecular flexibility index (Phi) is 6.05. The molecule has 1 aliphatic rings. The van der Waals surface area contributed by atoms with Crippen LogP contribution in [0.25, 0.3) is 0 Å². The average Bonchev–Trinajstić information content (AvgIpc) is 2.72. The summed E-state index contributed by atoms with van der Waals surface area (Å²) in [6.45, 7) is 3.16. The molecule has 2 aromatic rings. The second-order valence-electron chi connectivity index (χ2n) is 6.95. The van der Waals surface area contributed by atoms with Crippen molar-refractivity contribution in [3.63, 3.8) is 0 Å². The van der Waals surface area contributed by atoms with Gasteiger partial charge in [-0.2, -0.15) is 13.2 Å². The third kappa shape index (κ3) is 4.85. The number of rotatable bonds is 5. The molecule has 0 radical (unpaired) electrons. The monoisotopic (exact) mass is 406 g/mol. The molecular weight excluding hydrogens is 385 g/mol. The van der Waals surface area contributed by atoms with Crippen LogP contribution in [0.4, 0.5) is 30.2 Å². The zero-order valence-electron chi connectivity index (χ0n) is 15.8. The van der Waals surface area contributed by atoms with Crippen LogP contribution in [0.15, 0.2) is 41.6 Å². The smallest absolute Gasteiger partial charge is 0.370 e. The fourth-order valence-corrected chi connectivity index (χ4v) is 3.27. The van der Waals surface area contributed by atoms with E-state index in [1.165, 1.54) is 18.2 Å². The molecule has 0 atom stereocenters. The number of anilines is 2. The molecule has 6 nitrogen and oxygen atoms in total. The number of carbonyl (C=O) groups excluding carboxylic acids is 1. The van der Waals surface area contributed by atoms with Gasteiger partial charge in [0.2, 0.25) is 0 Å². The molecule has 1 saturated heterocycles. The Labute approximate surface area is 166 Å². The quantitative estimate of drug-likeness (QED) is 0.531. The molecular formula is C20H21F3N4O2. The summed E-state index contributed by atoms with van der Waals surface area (Å²) >= 11 is 0. The van der Waals surface area contributed by atoms with E-state index < -0.39 is 17.6 Å². The van der Waals surface area contributed by atoms with Crippen molar-refractivity contribution in [1.82, 2.24) is 5.43 Å². The maximum absolute atomic E-state index is 13.2. The van der Waals surface area contributed by atoms with E-state index in [0.29, 0.717) is 11.3 Å². The maximum atomic E-state index is 13.2. The summed E-state index contributed by atoms with van der Waals surface area (Å²) in [4.78, 5) is 25.2. The van der Waals surface area contributed by atoms with Gasteiger partial charge in [-0.3, -0.25) is 15.6 Å². The van der Waals surface area contributed by atoms with Gasteiger partial charge in [-0.25, -0.2) is 0 Å². The Morgan fingerprint density at radius 1 is 1.07 bits per heavy atom.